The number of ether oxygens (including phenoxy) is 1. The molecule has 0 aliphatic heterocycles. The predicted molar refractivity (Wildman–Crippen MR) is 133 cm³/mol. The van der Waals surface area contributed by atoms with Crippen molar-refractivity contribution in [3.8, 4) is 16.3 Å². The van der Waals surface area contributed by atoms with Gasteiger partial charge in [-0.05, 0) is 73.2 Å². The Hall–Kier alpha value is -1.92. The van der Waals surface area contributed by atoms with E-state index < -0.39 is 5.97 Å². The van der Waals surface area contributed by atoms with Crippen molar-refractivity contribution >= 4 is 38.3 Å². The maximum absolute atomic E-state index is 12.4. The second-order valence-corrected chi connectivity index (χ2v) is 10.3. The van der Waals surface area contributed by atoms with Crippen LogP contribution in [0, 0.1) is 12.8 Å². The first-order valence-corrected chi connectivity index (χ1v) is 12.6. The van der Waals surface area contributed by atoms with E-state index in [0.29, 0.717) is 28.3 Å². The molecule has 2 heterocycles. The molecule has 0 saturated heterocycles. The van der Waals surface area contributed by atoms with Crippen LogP contribution in [0.15, 0.2) is 42.5 Å². The number of aromatic nitrogens is 1. The normalized spacial score (nSPS) is 18.1. The molecular formula is C28H28NNaO3S. The fourth-order valence-electron chi connectivity index (χ4n) is 5.11. The molecule has 1 aliphatic rings. The molecule has 1 fully saturated rings. The van der Waals surface area contributed by atoms with Crippen molar-refractivity contribution in [1.29, 1.82) is 0 Å². The molecule has 2 aromatic carbocycles. The van der Waals surface area contributed by atoms with Crippen molar-refractivity contribution in [2.75, 3.05) is 0 Å². The average molecular weight is 482 g/mol. The van der Waals surface area contributed by atoms with Gasteiger partial charge in [-0.3, -0.25) is 0 Å². The van der Waals surface area contributed by atoms with E-state index in [4.69, 9.17) is 9.72 Å². The van der Waals surface area contributed by atoms with Crippen LogP contribution < -0.4 is 39.4 Å². The van der Waals surface area contributed by atoms with Gasteiger partial charge in [-0.1, -0.05) is 44.5 Å². The van der Waals surface area contributed by atoms with E-state index in [1.165, 1.54) is 16.5 Å². The number of hydrogen-bond donors (Lipinski definition) is 0. The van der Waals surface area contributed by atoms with E-state index in [1.54, 1.807) is 17.4 Å². The van der Waals surface area contributed by atoms with Crippen LogP contribution in [0.4, 0.5) is 0 Å². The third kappa shape index (κ3) is 4.64. The second kappa shape index (κ2) is 10.4. The van der Waals surface area contributed by atoms with Gasteiger partial charge in [0.25, 0.3) is 0 Å². The van der Waals surface area contributed by atoms with Crippen LogP contribution in [0.1, 0.15) is 61.0 Å². The summed E-state index contributed by atoms with van der Waals surface area (Å²) < 4.78 is 7.59. The summed E-state index contributed by atoms with van der Waals surface area (Å²) in [6.45, 7) is 6.39. The van der Waals surface area contributed by atoms with E-state index in [1.807, 2.05) is 24.3 Å². The molecule has 0 radical (unpaired) electrons. The smallest absolute Gasteiger partial charge is 0.545 e. The first kappa shape index (κ1) is 25.2. The van der Waals surface area contributed by atoms with Gasteiger partial charge in [-0.2, -0.15) is 0 Å². The molecule has 1 aliphatic carbocycles. The van der Waals surface area contributed by atoms with Gasteiger partial charge in [0, 0.05) is 10.3 Å². The molecule has 2 atom stereocenters. The molecule has 0 N–H and O–H groups in total. The van der Waals surface area contributed by atoms with Crippen molar-refractivity contribution in [2.24, 2.45) is 5.92 Å². The predicted octanol–water partition coefficient (Wildman–Crippen LogP) is 3.31. The number of nitrogens with zero attached hydrogens (tertiary/aromatic N) is 1. The Morgan fingerprint density at radius 3 is 2.71 bits per heavy atom. The van der Waals surface area contributed by atoms with Gasteiger partial charge in [-0.15, -0.1) is 11.3 Å². The second-order valence-electron chi connectivity index (χ2n) is 9.21. The van der Waals surface area contributed by atoms with Gasteiger partial charge in [-0.25, -0.2) is 4.98 Å². The maximum atomic E-state index is 12.4. The van der Waals surface area contributed by atoms with E-state index in [0.717, 1.165) is 41.7 Å². The minimum Gasteiger partial charge on any atom is -0.545 e. The first-order chi connectivity index (χ1) is 16.0. The number of pyridine rings is 1. The largest absolute Gasteiger partial charge is 1.00 e. The summed E-state index contributed by atoms with van der Waals surface area (Å²) in [5.41, 5.74) is 3.66. The van der Waals surface area contributed by atoms with E-state index in [2.05, 4.69) is 32.9 Å². The molecule has 34 heavy (non-hydrogen) atoms. The van der Waals surface area contributed by atoms with Crippen molar-refractivity contribution in [1.82, 2.24) is 4.98 Å². The quantitative estimate of drug-likeness (QED) is 0.411. The number of aryl methyl sites for hydroxylation is 2. The summed E-state index contributed by atoms with van der Waals surface area (Å²) >= 11 is 1.65. The maximum Gasteiger partial charge on any atom is 1.00 e. The van der Waals surface area contributed by atoms with E-state index in [-0.39, 0.29) is 41.2 Å². The Bertz CT molecular complexity index is 1360. The van der Waals surface area contributed by atoms with Gasteiger partial charge in [0.1, 0.15) is 5.75 Å². The number of carbonyl (C=O) groups excluding carboxylic acids is 1. The third-order valence-corrected chi connectivity index (χ3v) is 8.16. The Morgan fingerprint density at radius 1 is 1.21 bits per heavy atom. The molecule has 5 rings (SSSR count). The van der Waals surface area contributed by atoms with Gasteiger partial charge >= 0.3 is 29.6 Å². The summed E-state index contributed by atoms with van der Waals surface area (Å²) in [7, 11) is 0. The number of benzene rings is 2. The van der Waals surface area contributed by atoms with E-state index >= 15 is 0 Å². The molecule has 4 nitrogen and oxygen atoms in total. The monoisotopic (exact) mass is 481 g/mol. The molecule has 0 bridgehead atoms. The number of rotatable bonds is 5. The molecular weight excluding hydrogens is 453 g/mol. The Kier molecular flexibility index (Phi) is 7.68. The number of carboxylic acid groups (broad SMARTS) is 1. The van der Waals surface area contributed by atoms with Crippen molar-refractivity contribution < 1.29 is 44.2 Å². The van der Waals surface area contributed by atoms with Crippen LogP contribution in [0.3, 0.4) is 0 Å². The Balaban J connectivity index is 0.00000274. The van der Waals surface area contributed by atoms with Gasteiger partial charge in [0.05, 0.1) is 33.5 Å². The number of carbonyl (C=O) groups is 1. The molecule has 0 amide bonds. The van der Waals surface area contributed by atoms with Crippen molar-refractivity contribution in [2.45, 2.75) is 59.0 Å². The zero-order valence-corrected chi connectivity index (χ0v) is 23.1. The Labute approximate surface area is 226 Å². The summed E-state index contributed by atoms with van der Waals surface area (Å²) in [5, 5.41) is 14.1. The first-order valence-electron chi connectivity index (χ1n) is 11.8. The van der Waals surface area contributed by atoms with Crippen LogP contribution in [-0.4, -0.2) is 17.1 Å². The molecule has 170 valence electrons. The van der Waals surface area contributed by atoms with E-state index in [9.17, 15) is 9.90 Å². The molecule has 0 unspecified atom stereocenters. The third-order valence-electron chi connectivity index (χ3n) is 6.86. The number of fused-ring (bicyclic) bond motifs is 2. The van der Waals surface area contributed by atoms with Crippen molar-refractivity contribution in [3.63, 3.8) is 0 Å². The standard InChI is InChI=1S/C28H29NO3S.Na/c1-4-18-12-13-23(32-19-9-7-8-16(2)14-19)25-21(28(30)31)15-22(29-26(18)25)27-17(3)20-10-5-6-11-24(20)33-27;/h5-6,10-13,15-16,19H,4,7-9,14H2,1-3H3,(H,30,31);/q;+1/p-1/t16-,19+;/m0./s1. The number of aromatic carboxylic acids is 1. The summed E-state index contributed by atoms with van der Waals surface area (Å²) in [4.78, 5) is 18.4. The fraction of sp³-hybridized carbons (Fsp3) is 0.357. The van der Waals surface area contributed by atoms with Gasteiger partial charge in [0.2, 0.25) is 0 Å². The summed E-state index contributed by atoms with van der Waals surface area (Å²) in [6, 6.07) is 13.8. The molecule has 4 aromatic rings. The zero-order chi connectivity index (χ0) is 23.1. The topological polar surface area (TPSA) is 62.2 Å². The van der Waals surface area contributed by atoms with Crippen LogP contribution >= 0.6 is 11.3 Å². The SMILES string of the molecule is CCc1ccc(O[C@@H]2CCC[C@H](C)C2)c2c(C(=O)[O-])cc(-c3sc4ccccc4c3C)nc12.[Na+]. The molecule has 1 saturated carbocycles. The number of thiophene rings is 1. The average Bonchev–Trinajstić information content (AvgIpc) is 3.15. The van der Waals surface area contributed by atoms with Crippen LogP contribution in [-0.2, 0) is 6.42 Å². The summed E-state index contributed by atoms with van der Waals surface area (Å²) in [6.07, 6.45) is 5.20. The summed E-state index contributed by atoms with van der Waals surface area (Å²) in [5.74, 6) is 0.0244. The molecule has 6 heteroatoms. The minimum absolute atomic E-state index is 0. The van der Waals surface area contributed by atoms with Gasteiger partial charge in [0.15, 0.2) is 0 Å². The zero-order valence-electron chi connectivity index (χ0n) is 20.3. The molecule has 2 aromatic heterocycles. The Morgan fingerprint density at radius 2 is 2.00 bits per heavy atom. The molecule has 0 spiro atoms. The van der Waals surface area contributed by atoms with Gasteiger partial charge < -0.3 is 14.6 Å². The van der Waals surface area contributed by atoms with Crippen molar-refractivity contribution in [3.05, 3.63) is 59.2 Å². The fourth-order valence-corrected chi connectivity index (χ4v) is 6.28. The number of hydrogen-bond acceptors (Lipinski definition) is 5. The van der Waals surface area contributed by atoms with Crippen LogP contribution in [0.5, 0.6) is 5.75 Å². The van der Waals surface area contributed by atoms with Crippen LogP contribution in [0.2, 0.25) is 0 Å². The minimum atomic E-state index is -1.20. The number of carboxylic acids is 1. The van der Waals surface area contributed by atoms with Crippen LogP contribution in [0.25, 0.3) is 31.6 Å².